The smallest absolute Gasteiger partial charge is 0.232 e. The Labute approximate surface area is 183 Å². The number of Topliss-reactive ketones (excluding diaryl/α,β-unsaturated/α-hetero) is 1. The molecule has 3 N–H and O–H groups in total. The number of sulfonamides is 1. The predicted octanol–water partition coefficient (Wildman–Crippen LogP) is 1.77. The van der Waals surface area contributed by atoms with E-state index in [0.717, 1.165) is 31.5 Å². The fourth-order valence-electron chi connectivity index (χ4n) is 6.03. The van der Waals surface area contributed by atoms with E-state index in [1.54, 1.807) is 0 Å². The number of hydrogen-bond acceptors (Lipinski definition) is 5. The Morgan fingerprint density at radius 3 is 2.26 bits per heavy atom. The van der Waals surface area contributed by atoms with Crippen molar-refractivity contribution in [3.63, 3.8) is 0 Å². The molecule has 2 aliphatic heterocycles. The SMILES string of the molecule is CS(=O)(=O)N1c2ccccc2C2(CCNCC2)C1C(=O)C(N)C1Cc2ccccc2C1. The predicted molar refractivity (Wildman–Crippen MR) is 122 cm³/mol. The van der Waals surface area contributed by atoms with Gasteiger partial charge in [0.1, 0.15) is 6.04 Å². The van der Waals surface area contributed by atoms with Gasteiger partial charge in [-0.05, 0) is 67.4 Å². The maximum atomic E-state index is 14.0. The maximum absolute atomic E-state index is 14.0. The standard InChI is InChI=1S/C24H29N3O3S/c1-31(29,30)27-20-9-5-4-8-19(20)24(10-12-26-13-11-24)23(27)22(28)21(25)18-14-16-6-2-3-7-17(16)15-18/h2-9,18,21,23,26H,10-15,25H2,1H3. The summed E-state index contributed by atoms with van der Waals surface area (Å²) in [5.74, 6) is -0.157. The van der Waals surface area contributed by atoms with Crippen LogP contribution in [-0.4, -0.2) is 45.6 Å². The van der Waals surface area contributed by atoms with E-state index in [4.69, 9.17) is 5.73 Å². The van der Waals surface area contributed by atoms with Crippen LogP contribution in [0.1, 0.15) is 29.5 Å². The average molecular weight is 440 g/mol. The van der Waals surface area contributed by atoms with E-state index in [-0.39, 0.29) is 11.7 Å². The van der Waals surface area contributed by atoms with Gasteiger partial charge in [-0.1, -0.05) is 42.5 Å². The number of anilines is 1. The van der Waals surface area contributed by atoms with Gasteiger partial charge < -0.3 is 11.1 Å². The van der Waals surface area contributed by atoms with E-state index in [1.807, 2.05) is 36.4 Å². The molecule has 164 valence electrons. The van der Waals surface area contributed by atoms with Crippen LogP contribution >= 0.6 is 0 Å². The van der Waals surface area contributed by atoms with Gasteiger partial charge >= 0.3 is 0 Å². The zero-order valence-corrected chi connectivity index (χ0v) is 18.6. The van der Waals surface area contributed by atoms with Crippen LogP contribution in [0.25, 0.3) is 0 Å². The summed E-state index contributed by atoms with van der Waals surface area (Å²) in [4.78, 5) is 14.0. The molecule has 0 bridgehead atoms. The van der Waals surface area contributed by atoms with Gasteiger partial charge in [0.15, 0.2) is 5.78 Å². The summed E-state index contributed by atoms with van der Waals surface area (Å²) in [7, 11) is -3.66. The van der Waals surface area contributed by atoms with Gasteiger partial charge in [0.25, 0.3) is 0 Å². The minimum absolute atomic E-state index is 0.00575. The lowest BCUT2D eigenvalue weighted by atomic mass is 9.67. The van der Waals surface area contributed by atoms with Crippen molar-refractivity contribution in [1.82, 2.24) is 5.32 Å². The number of nitrogens with two attached hydrogens (primary N) is 1. The van der Waals surface area contributed by atoms with Crippen molar-refractivity contribution in [3.05, 3.63) is 65.2 Å². The molecule has 3 aliphatic rings. The summed E-state index contributed by atoms with van der Waals surface area (Å²) in [5, 5.41) is 3.37. The van der Waals surface area contributed by atoms with Crippen LogP contribution in [0.5, 0.6) is 0 Å². The fourth-order valence-corrected chi connectivity index (χ4v) is 7.24. The summed E-state index contributed by atoms with van der Waals surface area (Å²) >= 11 is 0. The second-order valence-corrected chi connectivity index (χ2v) is 11.1. The molecule has 2 heterocycles. The zero-order valence-electron chi connectivity index (χ0n) is 17.8. The van der Waals surface area contributed by atoms with Gasteiger partial charge in [-0.25, -0.2) is 8.42 Å². The highest BCUT2D eigenvalue weighted by Crippen LogP contribution is 2.52. The van der Waals surface area contributed by atoms with Crippen LogP contribution in [0.3, 0.4) is 0 Å². The van der Waals surface area contributed by atoms with Crippen molar-refractivity contribution in [2.75, 3.05) is 23.7 Å². The van der Waals surface area contributed by atoms with Crippen LogP contribution < -0.4 is 15.4 Å². The summed E-state index contributed by atoms with van der Waals surface area (Å²) < 4.78 is 27.3. The van der Waals surface area contributed by atoms with Crippen LogP contribution in [0, 0.1) is 5.92 Å². The first-order chi connectivity index (χ1) is 14.8. The molecule has 0 aromatic heterocycles. The highest BCUT2D eigenvalue weighted by Gasteiger charge is 2.58. The Morgan fingerprint density at radius 1 is 1.06 bits per heavy atom. The molecular formula is C24H29N3O3S. The molecule has 2 aromatic carbocycles. The number of hydrogen-bond donors (Lipinski definition) is 2. The molecule has 2 atom stereocenters. The first-order valence-corrected chi connectivity index (χ1v) is 12.8. The Kier molecular flexibility index (Phi) is 4.95. The number of carbonyl (C=O) groups excluding carboxylic acids is 1. The average Bonchev–Trinajstić information content (AvgIpc) is 3.31. The molecule has 31 heavy (non-hydrogen) atoms. The second-order valence-electron chi connectivity index (χ2n) is 9.25. The molecule has 2 aromatic rings. The summed E-state index contributed by atoms with van der Waals surface area (Å²) in [6, 6.07) is 14.3. The van der Waals surface area contributed by atoms with E-state index >= 15 is 0 Å². The molecule has 0 radical (unpaired) electrons. The lowest BCUT2D eigenvalue weighted by Gasteiger charge is -2.42. The highest BCUT2D eigenvalue weighted by atomic mass is 32.2. The highest BCUT2D eigenvalue weighted by molar-refractivity contribution is 7.92. The normalized spacial score (nSPS) is 23.5. The number of carbonyl (C=O) groups is 1. The van der Waals surface area contributed by atoms with Gasteiger partial charge in [-0.15, -0.1) is 0 Å². The first-order valence-electron chi connectivity index (χ1n) is 11.0. The van der Waals surface area contributed by atoms with Gasteiger partial charge in [0.2, 0.25) is 10.0 Å². The van der Waals surface area contributed by atoms with E-state index < -0.39 is 27.5 Å². The lowest BCUT2D eigenvalue weighted by molar-refractivity contribution is -0.124. The fraction of sp³-hybridized carbons (Fsp3) is 0.458. The van der Waals surface area contributed by atoms with Crippen LogP contribution in [0.4, 0.5) is 5.69 Å². The van der Waals surface area contributed by atoms with E-state index in [2.05, 4.69) is 17.4 Å². The van der Waals surface area contributed by atoms with Crippen molar-refractivity contribution < 1.29 is 13.2 Å². The molecule has 6 nitrogen and oxygen atoms in total. The molecular weight excluding hydrogens is 410 g/mol. The topological polar surface area (TPSA) is 92.5 Å². The molecule has 7 heteroatoms. The number of rotatable bonds is 4. The van der Waals surface area contributed by atoms with E-state index in [1.165, 1.54) is 21.7 Å². The third-order valence-corrected chi connectivity index (χ3v) is 8.60. The number of fused-ring (bicyclic) bond motifs is 3. The van der Waals surface area contributed by atoms with Gasteiger partial charge in [0, 0.05) is 5.41 Å². The third-order valence-electron chi connectivity index (χ3n) is 7.48. The van der Waals surface area contributed by atoms with Crippen LogP contribution in [0.15, 0.2) is 48.5 Å². The third kappa shape index (κ3) is 3.22. The number of benzene rings is 2. The quantitative estimate of drug-likeness (QED) is 0.758. The summed E-state index contributed by atoms with van der Waals surface area (Å²) in [6.07, 6.45) is 4.14. The van der Waals surface area contributed by atoms with Gasteiger partial charge in [0.05, 0.1) is 18.0 Å². The summed E-state index contributed by atoms with van der Waals surface area (Å²) in [6.45, 7) is 1.50. The summed E-state index contributed by atoms with van der Waals surface area (Å²) in [5.41, 5.74) is 10.2. The van der Waals surface area contributed by atoms with Crippen molar-refractivity contribution in [2.24, 2.45) is 11.7 Å². The van der Waals surface area contributed by atoms with Crippen molar-refractivity contribution >= 4 is 21.5 Å². The Balaban J connectivity index is 1.56. The largest absolute Gasteiger partial charge is 0.321 e. The number of nitrogens with one attached hydrogen (secondary N) is 1. The van der Waals surface area contributed by atoms with Crippen molar-refractivity contribution in [1.29, 1.82) is 0 Å². The minimum atomic E-state index is -3.66. The first kappa shape index (κ1) is 20.7. The van der Waals surface area contributed by atoms with Crippen molar-refractivity contribution in [3.8, 4) is 0 Å². The maximum Gasteiger partial charge on any atom is 0.232 e. The van der Waals surface area contributed by atoms with Crippen LogP contribution in [0.2, 0.25) is 0 Å². The number of para-hydroxylation sites is 1. The molecule has 1 spiro atoms. The lowest BCUT2D eigenvalue weighted by Crippen LogP contribution is -2.60. The molecule has 0 saturated carbocycles. The Hall–Kier alpha value is -2.22. The van der Waals surface area contributed by atoms with E-state index in [0.29, 0.717) is 18.5 Å². The molecule has 1 saturated heterocycles. The molecule has 2 unspecified atom stereocenters. The van der Waals surface area contributed by atoms with Gasteiger partial charge in [-0.2, -0.15) is 0 Å². The second kappa shape index (κ2) is 7.43. The zero-order chi connectivity index (χ0) is 21.8. The van der Waals surface area contributed by atoms with E-state index in [9.17, 15) is 13.2 Å². The molecule has 1 fully saturated rings. The molecule has 0 amide bonds. The minimum Gasteiger partial charge on any atom is -0.321 e. The number of piperidine rings is 1. The monoisotopic (exact) mass is 439 g/mol. The Bertz CT molecular complexity index is 1100. The van der Waals surface area contributed by atoms with Gasteiger partial charge in [-0.3, -0.25) is 9.10 Å². The molecule has 5 rings (SSSR count). The van der Waals surface area contributed by atoms with Crippen LogP contribution in [-0.2, 0) is 33.1 Å². The number of nitrogens with zero attached hydrogens (tertiary/aromatic N) is 1. The molecule has 1 aliphatic carbocycles. The van der Waals surface area contributed by atoms with Crippen molar-refractivity contribution in [2.45, 2.75) is 43.2 Å². The number of ketones is 1. The Morgan fingerprint density at radius 2 is 1.65 bits per heavy atom.